The van der Waals surface area contributed by atoms with Crippen molar-refractivity contribution in [2.45, 2.75) is 16.7 Å². The maximum atomic E-state index is 12.8. The van der Waals surface area contributed by atoms with E-state index in [0.717, 1.165) is 20.5 Å². The molecule has 3 aromatic carbocycles. The normalized spacial score (nSPS) is 12.2. The molecule has 0 aliphatic heterocycles. The second-order valence-corrected chi connectivity index (χ2v) is 9.19. The molecule has 3 aromatic rings. The molecule has 6 heteroatoms. The molecule has 0 spiro atoms. The third-order valence-corrected chi connectivity index (χ3v) is 6.53. The van der Waals surface area contributed by atoms with Crippen LogP contribution < -0.4 is 0 Å². The van der Waals surface area contributed by atoms with Gasteiger partial charge < -0.3 is 0 Å². The molecular formula is C20H16BrNO2S2. The first kappa shape index (κ1) is 18.9. The molecule has 0 amide bonds. The van der Waals surface area contributed by atoms with Crippen molar-refractivity contribution in [1.82, 2.24) is 0 Å². The Bertz CT molecular complexity index is 1010. The molecule has 26 heavy (non-hydrogen) atoms. The Labute approximate surface area is 166 Å². The number of sulfonamides is 1. The zero-order chi connectivity index (χ0) is 18.6. The lowest BCUT2D eigenvalue weighted by Crippen LogP contribution is -2.04. The van der Waals surface area contributed by atoms with Gasteiger partial charge in [0.15, 0.2) is 0 Å². The minimum Gasteiger partial charge on any atom is -0.199 e. The first-order valence-electron chi connectivity index (χ1n) is 7.84. The maximum Gasteiger partial charge on any atom is 0.283 e. The Kier molecular flexibility index (Phi) is 5.96. The predicted molar refractivity (Wildman–Crippen MR) is 111 cm³/mol. The van der Waals surface area contributed by atoms with E-state index in [0.29, 0.717) is 5.04 Å². The number of hydrogen-bond acceptors (Lipinski definition) is 3. The van der Waals surface area contributed by atoms with E-state index in [2.05, 4.69) is 20.3 Å². The first-order chi connectivity index (χ1) is 12.4. The van der Waals surface area contributed by atoms with Crippen LogP contribution in [0.25, 0.3) is 0 Å². The second kappa shape index (κ2) is 8.20. The SMILES string of the molecule is Cc1ccc(S(=O)(=O)/N=C(\Sc2ccc(Br)cc2)c2ccccc2)cc1. The highest BCUT2D eigenvalue weighted by Gasteiger charge is 2.16. The van der Waals surface area contributed by atoms with Crippen molar-refractivity contribution >= 4 is 42.8 Å². The molecule has 0 aromatic heterocycles. The summed E-state index contributed by atoms with van der Waals surface area (Å²) in [4.78, 5) is 1.10. The van der Waals surface area contributed by atoms with E-state index >= 15 is 0 Å². The minimum atomic E-state index is -3.79. The molecule has 0 aliphatic carbocycles. The van der Waals surface area contributed by atoms with Crippen molar-refractivity contribution in [3.8, 4) is 0 Å². The summed E-state index contributed by atoms with van der Waals surface area (Å²) in [6, 6.07) is 23.7. The zero-order valence-electron chi connectivity index (χ0n) is 14.0. The van der Waals surface area contributed by atoms with Gasteiger partial charge in [-0.2, -0.15) is 12.8 Å². The highest BCUT2D eigenvalue weighted by Crippen LogP contribution is 2.27. The molecule has 3 nitrogen and oxygen atoms in total. The molecule has 132 valence electrons. The van der Waals surface area contributed by atoms with Gasteiger partial charge in [0.05, 0.1) is 4.90 Å². The number of rotatable bonds is 4. The predicted octanol–water partition coefficient (Wildman–Crippen LogP) is 5.69. The van der Waals surface area contributed by atoms with Crippen LogP contribution in [0.5, 0.6) is 0 Å². The topological polar surface area (TPSA) is 46.5 Å². The van der Waals surface area contributed by atoms with Crippen LogP contribution in [0.4, 0.5) is 0 Å². The molecule has 0 saturated carbocycles. The molecule has 3 rings (SSSR count). The van der Waals surface area contributed by atoms with Crippen molar-refractivity contribution in [3.63, 3.8) is 0 Å². The fourth-order valence-electron chi connectivity index (χ4n) is 2.20. The standard InChI is InChI=1S/C20H16BrNO2S2/c1-15-7-13-19(14-8-15)26(23,24)22-20(16-5-3-2-4-6-16)25-18-11-9-17(21)10-12-18/h2-14H,1H3/b22-20-. The molecule has 0 atom stereocenters. The Hall–Kier alpha value is -1.89. The second-order valence-electron chi connectivity index (χ2n) is 5.61. The van der Waals surface area contributed by atoms with Gasteiger partial charge >= 0.3 is 0 Å². The van der Waals surface area contributed by atoms with Crippen molar-refractivity contribution < 1.29 is 8.42 Å². The molecule has 0 aliphatic rings. The van der Waals surface area contributed by atoms with Gasteiger partial charge in [-0.05, 0) is 43.3 Å². The largest absolute Gasteiger partial charge is 0.283 e. The van der Waals surface area contributed by atoms with Gasteiger partial charge in [-0.1, -0.05) is 75.7 Å². The molecule has 0 saturated heterocycles. The first-order valence-corrected chi connectivity index (χ1v) is 10.9. The van der Waals surface area contributed by atoms with Gasteiger partial charge in [0, 0.05) is 14.9 Å². The van der Waals surface area contributed by atoms with Crippen LogP contribution in [0, 0.1) is 6.92 Å². The quantitative estimate of drug-likeness (QED) is 0.294. The van der Waals surface area contributed by atoms with E-state index in [1.54, 1.807) is 24.3 Å². The molecule has 0 N–H and O–H groups in total. The van der Waals surface area contributed by atoms with E-state index < -0.39 is 10.0 Å². The molecule has 0 radical (unpaired) electrons. The summed E-state index contributed by atoms with van der Waals surface area (Å²) in [6.45, 7) is 1.92. The summed E-state index contributed by atoms with van der Waals surface area (Å²) in [5, 5.41) is 0.438. The minimum absolute atomic E-state index is 0.188. The Morgan fingerprint density at radius 2 is 1.50 bits per heavy atom. The van der Waals surface area contributed by atoms with Gasteiger partial charge in [-0.15, -0.1) is 0 Å². The van der Waals surface area contributed by atoms with Gasteiger partial charge in [0.2, 0.25) is 0 Å². The van der Waals surface area contributed by atoms with Crippen molar-refractivity contribution in [3.05, 3.63) is 94.5 Å². The number of aryl methyl sites for hydroxylation is 1. The third kappa shape index (κ3) is 4.84. The van der Waals surface area contributed by atoms with Gasteiger partial charge in [0.1, 0.15) is 5.04 Å². The smallest absolute Gasteiger partial charge is 0.199 e. The summed E-state index contributed by atoms with van der Waals surface area (Å²) >= 11 is 4.73. The average Bonchev–Trinajstić information content (AvgIpc) is 2.64. The van der Waals surface area contributed by atoms with E-state index in [1.165, 1.54) is 11.8 Å². The van der Waals surface area contributed by atoms with E-state index in [-0.39, 0.29) is 4.90 Å². The lowest BCUT2D eigenvalue weighted by Gasteiger charge is -2.08. The lowest BCUT2D eigenvalue weighted by molar-refractivity contribution is 0.598. The molecule has 0 heterocycles. The van der Waals surface area contributed by atoms with E-state index in [4.69, 9.17) is 0 Å². The van der Waals surface area contributed by atoms with Crippen molar-refractivity contribution in [2.75, 3.05) is 0 Å². The lowest BCUT2D eigenvalue weighted by atomic mass is 10.2. The Morgan fingerprint density at radius 3 is 2.12 bits per heavy atom. The van der Waals surface area contributed by atoms with E-state index in [9.17, 15) is 8.42 Å². The van der Waals surface area contributed by atoms with Gasteiger partial charge in [-0.3, -0.25) is 0 Å². The van der Waals surface area contributed by atoms with Crippen molar-refractivity contribution in [2.24, 2.45) is 4.40 Å². The molecule has 0 bridgehead atoms. The average molecular weight is 446 g/mol. The Balaban J connectivity index is 2.03. The van der Waals surface area contributed by atoms with Crippen molar-refractivity contribution in [1.29, 1.82) is 0 Å². The summed E-state index contributed by atoms with van der Waals surface area (Å²) in [5.41, 5.74) is 1.76. The highest BCUT2D eigenvalue weighted by atomic mass is 79.9. The van der Waals surface area contributed by atoms with Crippen LogP contribution in [-0.2, 0) is 10.0 Å². The molecular weight excluding hydrogens is 430 g/mol. The van der Waals surface area contributed by atoms with Gasteiger partial charge in [-0.25, -0.2) is 0 Å². The number of thioether (sulfide) groups is 1. The fraction of sp³-hybridized carbons (Fsp3) is 0.0500. The summed E-state index contributed by atoms with van der Waals surface area (Å²) in [5.74, 6) is 0. The van der Waals surface area contributed by atoms with Crippen LogP contribution in [0.2, 0.25) is 0 Å². The van der Waals surface area contributed by atoms with E-state index in [1.807, 2.05) is 61.5 Å². The summed E-state index contributed by atoms with van der Waals surface area (Å²) < 4.78 is 30.6. The van der Waals surface area contributed by atoms with Crippen LogP contribution in [-0.4, -0.2) is 13.5 Å². The van der Waals surface area contributed by atoms with Gasteiger partial charge in [0.25, 0.3) is 10.0 Å². The number of benzene rings is 3. The third-order valence-electron chi connectivity index (χ3n) is 3.57. The van der Waals surface area contributed by atoms with Crippen LogP contribution in [0.3, 0.4) is 0 Å². The number of hydrogen-bond donors (Lipinski definition) is 0. The molecule has 0 fully saturated rings. The molecule has 0 unspecified atom stereocenters. The van der Waals surface area contributed by atoms with Crippen LogP contribution in [0.1, 0.15) is 11.1 Å². The van der Waals surface area contributed by atoms with Crippen LogP contribution in [0.15, 0.2) is 97.5 Å². The maximum absolute atomic E-state index is 12.8. The Morgan fingerprint density at radius 1 is 0.885 bits per heavy atom. The number of halogens is 1. The summed E-state index contributed by atoms with van der Waals surface area (Å²) in [7, 11) is -3.79. The monoisotopic (exact) mass is 445 g/mol. The highest BCUT2D eigenvalue weighted by molar-refractivity contribution is 9.10. The summed E-state index contributed by atoms with van der Waals surface area (Å²) in [6.07, 6.45) is 0. The zero-order valence-corrected chi connectivity index (χ0v) is 17.2. The van der Waals surface area contributed by atoms with Crippen LogP contribution >= 0.6 is 27.7 Å². The fourth-order valence-corrected chi connectivity index (χ4v) is 4.56. The number of nitrogens with zero attached hydrogens (tertiary/aromatic N) is 1.